The monoisotopic (exact) mass is 278 g/mol. The van der Waals surface area contributed by atoms with E-state index >= 15 is 0 Å². The standard InChI is InChI=1S/C13H18N4O3/c1-4-8(6-18)15-12(19)9-5-7(2)14-11-10(9)13(20)16-17(11)3/h5,8,18H,4,6H2,1-3H3,(H,15,19)(H,16,20). The fourth-order valence-electron chi connectivity index (χ4n) is 2.10. The second kappa shape index (κ2) is 5.46. The van der Waals surface area contributed by atoms with Crippen molar-refractivity contribution in [2.75, 3.05) is 6.61 Å². The largest absolute Gasteiger partial charge is 0.394 e. The molecule has 3 N–H and O–H groups in total. The van der Waals surface area contributed by atoms with Gasteiger partial charge in [-0.25, -0.2) is 4.98 Å². The Morgan fingerprint density at radius 1 is 1.60 bits per heavy atom. The molecule has 0 aliphatic heterocycles. The van der Waals surface area contributed by atoms with Crippen LogP contribution < -0.4 is 10.9 Å². The lowest BCUT2D eigenvalue weighted by atomic mass is 10.1. The first kappa shape index (κ1) is 14.3. The molecular weight excluding hydrogens is 260 g/mol. The van der Waals surface area contributed by atoms with Crippen LogP contribution in [-0.4, -0.2) is 38.4 Å². The number of rotatable bonds is 4. The van der Waals surface area contributed by atoms with Crippen LogP contribution in [0.5, 0.6) is 0 Å². The van der Waals surface area contributed by atoms with Gasteiger partial charge in [0.1, 0.15) is 0 Å². The van der Waals surface area contributed by atoms with Crippen LogP contribution in [0.15, 0.2) is 10.9 Å². The number of nitrogens with zero attached hydrogens (tertiary/aromatic N) is 2. The normalized spacial score (nSPS) is 12.6. The molecule has 20 heavy (non-hydrogen) atoms. The van der Waals surface area contributed by atoms with Crippen LogP contribution in [0.3, 0.4) is 0 Å². The van der Waals surface area contributed by atoms with Gasteiger partial charge in [-0.15, -0.1) is 0 Å². The number of aliphatic hydroxyl groups excluding tert-OH is 1. The van der Waals surface area contributed by atoms with E-state index in [0.717, 1.165) is 0 Å². The number of fused-ring (bicyclic) bond motifs is 1. The molecule has 108 valence electrons. The highest BCUT2D eigenvalue weighted by Gasteiger charge is 2.19. The highest BCUT2D eigenvalue weighted by Crippen LogP contribution is 2.14. The van der Waals surface area contributed by atoms with Crippen LogP contribution in [0.2, 0.25) is 0 Å². The summed E-state index contributed by atoms with van der Waals surface area (Å²) in [6.07, 6.45) is 0.612. The van der Waals surface area contributed by atoms with Gasteiger partial charge in [-0.05, 0) is 19.4 Å². The van der Waals surface area contributed by atoms with E-state index in [9.17, 15) is 9.59 Å². The highest BCUT2D eigenvalue weighted by atomic mass is 16.3. The number of carbonyl (C=O) groups excluding carboxylic acids is 1. The van der Waals surface area contributed by atoms with Gasteiger partial charge in [0.05, 0.1) is 23.6 Å². The maximum atomic E-state index is 12.3. The Morgan fingerprint density at radius 3 is 2.90 bits per heavy atom. The van der Waals surface area contributed by atoms with E-state index < -0.39 is 0 Å². The van der Waals surface area contributed by atoms with Crippen molar-refractivity contribution in [3.05, 3.63) is 27.7 Å². The van der Waals surface area contributed by atoms with E-state index in [2.05, 4.69) is 15.4 Å². The maximum absolute atomic E-state index is 12.3. The molecule has 2 aromatic rings. The fourth-order valence-corrected chi connectivity index (χ4v) is 2.10. The van der Waals surface area contributed by atoms with E-state index in [0.29, 0.717) is 17.8 Å². The third-order valence-electron chi connectivity index (χ3n) is 3.24. The van der Waals surface area contributed by atoms with Gasteiger partial charge in [0.2, 0.25) is 0 Å². The molecule has 0 aromatic carbocycles. The van der Waals surface area contributed by atoms with Gasteiger partial charge in [-0.1, -0.05) is 6.92 Å². The highest BCUT2D eigenvalue weighted by molar-refractivity contribution is 6.05. The predicted molar refractivity (Wildman–Crippen MR) is 74.7 cm³/mol. The first-order valence-corrected chi connectivity index (χ1v) is 6.46. The van der Waals surface area contributed by atoms with Crippen molar-refractivity contribution in [3.63, 3.8) is 0 Å². The lowest BCUT2D eigenvalue weighted by molar-refractivity contribution is 0.0916. The quantitative estimate of drug-likeness (QED) is 0.737. The zero-order chi connectivity index (χ0) is 14.9. The second-order valence-corrected chi connectivity index (χ2v) is 4.77. The summed E-state index contributed by atoms with van der Waals surface area (Å²) < 4.78 is 1.49. The number of amides is 1. The topological polar surface area (TPSA) is 100 Å². The van der Waals surface area contributed by atoms with Gasteiger partial charge < -0.3 is 10.4 Å². The Kier molecular flexibility index (Phi) is 3.89. The summed E-state index contributed by atoms with van der Waals surface area (Å²) >= 11 is 0. The number of aromatic nitrogens is 3. The van der Waals surface area contributed by atoms with Gasteiger partial charge in [0, 0.05) is 12.7 Å². The van der Waals surface area contributed by atoms with Crippen LogP contribution in [0.4, 0.5) is 0 Å². The average Bonchev–Trinajstić information content (AvgIpc) is 2.70. The van der Waals surface area contributed by atoms with Crippen LogP contribution >= 0.6 is 0 Å². The first-order chi connectivity index (χ1) is 9.47. The first-order valence-electron chi connectivity index (χ1n) is 6.46. The summed E-state index contributed by atoms with van der Waals surface area (Å²) in [5, 5.41) is 14.7. The molecule has 0 saturated heterocycles. The van der Waals surface area contributed by atoms with E-state index in [1.165, 1.54) is 4.68 Å². The SMILES string of the molecule is CCC(CO)NC(=O)c1cc(C)nc2c1c(=O)[nH]n2C. The third kappa shape index (κ3) is 2.44. The van der Waals surface area contributed by atoms with Crippen molar-refractivity contribution < 1.29 is 9.90 Å². The fraction of sp³-hybridized carbons (Fsp3) is 0.462. The molecular formula is C13H18N4O3. The summed E-state index contributed by atoms with van der Waals surface area (Å²) in [6, 6.07) is 1.26. The lowest BCUT2D eigenvalue weighted by Crippen LogP contribution is -2.37. The Morgan fingerprint density at radius 2 is 2.30 bits per heavy atom. The van der Waals surface area contributed by atoms with Gasteiger partial charge in [-0.3, -0.25) is 19.4 Å². The Hall–Kier alpha value is -2.15. The van der Waals surface area contributed by atoms with Gasteiger partial charge in [-0.2, -0.15) is 0 Å². The molecule has 1 amide bonds. The zero-order valence-electron chi connectivity index (χ0n) is 11.7. The minimum atomic E-state index is -0.377. The van der Waals surface area contributed by atoms with Crippen molar-refractivity contribution in [1.82, 2.24) is 20.1 Å². The zero-order valence-corrected chi connectivity index (χ0v) is 11.7. The number of pyridine rings is 1. The Labute approximate surface area is 115 Å². The summed E-state index contributed by atoms with van der Waals surface area (Å²) in [5.41, 5.74) is 1.02. The number of nitrogens with one attached hydrogen (secondary N) is 2. The molecule has 1 atom stereocenters. The molecule has 0 fully saturated rings. The van der Waals surface area contributed by atoms with Crippen molar-refractivity contribution in [2.24, 2.45) is 7.05 Å². The molecule has 2 heterocycles. The molecule has 0 bridgehead atoms. The number of aromatic amines is 1. The second-order valence-electron chi connectivity index (χ2n) is 4.77. The van der Waals surface area contributed by atoms with Crippen molar-refractivity contribution in [1.29, 1.82) is 0 Å². The smallest absolute Gasteiger partial charge is 0.274 e. The maximum Gasteiger partial charge on any atom is 0.274 e. The van der Waals surface area contributed by atoms with E-state index in [1.54, 1.807) is 20.0 Å². The minimum Gasteiger partial charge on any atom is -0.394 e. The molecule has 0 saturated carbocycles. The summed E-state index contributed by atoms with van der Waals surface area (Å²) in [4.78, 5) is 28.5. The molecule has 1 unspecified atom stereocenters. The molecule has 2 aromatic heterocycles. The summed E-state index contributed by atoms with van der Waals surface area (Å²) in [6.45, 7) is 3.49. The lowest BCUT2D eigenvalue weighted by Gasteiger charge is -2.14. The number of hydrogen-bond acceptors (Lipinski definition) is 4. The van der Waals surface area contributed by atoms with Crippen LogP contribution in [0, 0.1) is 6.92 Å². The van der Waals surface area contributed by atoms with Gasteiger partial charge >= 0.3 is 0 Å². The average molecular weight is 278 g/mol. The van der Waals surface area contributed by atoms with Gasteiger partial charge in [0.15, 0.2) is 5.65 Å². The van der Waals surface area contributed by atoms with Crippen molar-refractivity contribution in [3.8, 4) is 0 Å². The molecule has 0 spiro atoms. The summed E-state index contributed by atoms with van der Waals surface area (Å²) in [7, 11) is 1.67. The summed E-state index contributed by atoms with van der Waals surface area (Å²) in [5.74, 6) is -0.377. The van der Waals surface area contributed by atoms with Crippen LogP contribution in [-0.2, 0) is 7.05 Å². The third-order valence-corrected chi connectivity index (χ3v) is 3.24. The molecule has 0 aliphatic carbocycles. The molecule has 7 nitrogen and oxygen atoms in total. The van der Waals surface area contributed by atoms with Crippen LogP contribution in [0.1, 0.15) is 29.4 Å². The minimum absolute atomic E-state index is 0.138. The molecule has 2 rings (SSSR count). The predicted octanol–water partition coefficient (Wildman–Crippen LogP) is 0.0707. The van der Waals surface area contributed by atoms with Crippen molar-refractivity contribution >= 4 is 16.9 Å². The molecule has 0 radical (unpaired) electrons. The molecule has 0 aliphatic rings. The number of carbonyl (C=O) groups is 1. The number of hydrogen-bond donors (Lipinski definition) is 3. The Balaban J connectivity index is 2.53. The number of H-pyrrole nitrogens is 1. The van der Waals surface area contributed by atoms with Crippen molar-refractivity contribution in [2.45, 2.75) is 26.3 Å². The van der Waals surface area contributed by atoms with E-state index in [-0.39, 0.29) is 35.1 Å². The number of aliphatic hydroxyl groups is 1. The van der Waals surface area contributed by atoms with E-state index in [1.807, 2.05) is 6.92 Å². The number of aryl methyl sites for hydroxylation is 2. The van der Waals surface area contributed by atoms with Crippen LogP contribution in [0.25, 0.3) is 11.0 Å². The Bertz CT molecular complexity index is 697. The molecule has 7 heteroatoms. The van der Waals surface area contributed by atoms with E-state index in [4.69, 9.17) is 5.11 Å². The van der Waals surface area contributed by atoms with Gasteiger partial charge in [0.25, 0.3) is 11.5 Å².